The highest BCUT2D eigenvalue weighted by molar-refractivity contribution is 5.91. The van der Waals surface area contributed by atoms with Gasteiger partial charge in [0.1, 0.15) is 0 Å². The molecule has 150 valence electrons. The molecule has 28 heavy (non-hydrogen) atoms. The quantitative estimate of drug-likeness (QED) is 0.602. The number of nitrogens with zero attached hydrogens (tertiary/aromatic N) is 1. The minimum atomic E-state index is -0.444. The molecule has 0 aliphatic heterocycles. The Hall–Kier alpha value is -3.02. The number of hydrogen-bond donors (Lipinski definition) is 0. The van der Waals surface area contributed by atoms with Gasteiger partial charge in [-0.1, -0.05) is 12.1 Å². The molecule has 0 aliphatic rings. The topological polar surface area (TPSA) is 48.0 Å². The van der Waals surface area contributed by atoms with Crippen molar-refractivity contribution in [2.24, 2.45) is 0 Å². The summed E-state index contributed by atoms with van der Waals surface area (Å²) in [5.41, 5.74) is 1.52. The second-order valence-corrected chi connectivity index (χ2v) is 6.00. The second-order valence-electron chi connectivity index (χ2n) is 6.00. The lowest BCUT2D eigenvalue weighted by atomic mass is 10.1. The van der Waals surface area contributed by atoms with Crippen LogP contribution in [-0.4, -0.2) is 38.2 Å². The predicted molar refractivity (Wildman–Crippen MR) is 107 cm³/mol. The Morgan fingerprint density at radius 1 is 1.04 bits per heavy atom. The molecule has 0 aliphatic carbocycles. The molecule has 0 N–H and O–H groups in total. The Labute approximate surface area is 165 Å². The van der Waals surface area contributed by atoms with E-state index >= 15 is 0 Å². The van der Waals surface area contributed by atoms with Crippen LogP contribution in [0.1, 0.15) is 25.0 Å². The van der Waals surface area contributed by atoms with Gasteiger partial charge in [-0.3, -0.25) is 4.79 Å². The number of halogens is 1. The van der Waals surface area contributed by atoms with Gasteiger partial charge in [-0.2, -0.15) is 0 Å². The van der Waals surface area contributed by atoms with Crippen molar-refractivity contribution in [1.82, 2.24) is 4.90 Å². The summed E-state index contributed by atoms with van der Waals surface area (Å²) in [5, 5.41) is 0. The zero-order valence-electron chi connectivity index (χ0n) is 16.7. The van der Waals surface area contributed by atoms with E-state index in [1.807, 2.05) is 26.0 Å². The van der Waals surface area contributed by atoms with E-state index in [0.29, 0.717) is 36.8 Å². The van der Waals surface area contributed by atoms with Crippen LogP contribution in [0, 0.1) is 5.82 Å². The van der Waals surface area contributed by atoms with Crippen LogP contribution in [0.25, 0.3) is 6.08 Å². The minimum Gasteiger partial charge on any atom is -0.494 e. The fourth-order valence-corrected chi connectivity index (χ4v) is 2.71. The normalized spacial score (nSPS) is 10.8. The highest BCUT2D eigenvalue weighted by Gasteiger charge is 2.12. The highest BCUT2D eigenvalue weighted by Crippen LogP contribution is 2.28. The van der Waals surface area contributed by atoms with E-state index in [1.54, 1.807) is 36.3 Å². The molecule has 0 bridgehead atoms. The van der Waals surface area contributed by atoms with E-state index in [0.717, 1.165) is 5.56 Å². The SMILES string of the molecule is CCOc1cc(/C=C/C(=O)N(CC)Cc2ccc(OC)c(F)c2)ccc1OC. The number of likely N-dealkylation sites (N-methyl/N-ethyl adjacent to an activating group) is 1. The number of ether oxygens (including phenoxy) is 3. The van der Waals surface area contributed by atoms with Gasteiger partial charge in [-0.05, 0) is 55.3 Å². The van der Waals surface area contributed by atoms with E-state index in [4.69, 9.17) is 14.2 Å². The standard InChI is InChI=1S/C22H26FNO4/c1-5-24(15-17-8-10-19(26-3)18(23)13-17)22(25)12-9-16-7-11-20(27-4)21(14-16)28-6-2/h7-14H,5-6,15H2,1-4H3/b12-9+. The summed E-state index contributed by atoms with van der Waals surface area (Å²) in [5.74, 6) is 0.846. The maximum absolute atomic E-state index is 13.9. The van der Waals surface area contributed by atoms with Gasteiger partial charge in [0.2, 0.25) is 5.91 Å². The molecule has 0 fully saturated rings. The van der Waals surface area contributed by atoms with Crippen molar-refractivity contribution in [2.75, 3.05) is 27.4 Å². The molecule has 6 heteroatoms. The Morgan fingerprint density at radius 2 is 1.75 bits per heavy atom. The number of methoxy groups -OCH3 is 2. The van der Waals surface area contributed by atoms with Crippen molar-refractivity contribution in [1.29, 1.82) is 0 Å². The molecule has 0 spiro atoms. The van der Waals surface area contributed by atoms with Crippen LogP contribution in [0.4, 0.5) is 4.39 Å². The number of rotatable bonds is 9. The first-order chi connectivity index (χ1) is 13.5. The molecule has 0 unspecified atom stereocenters. The summed E-state index contributed by atoms with van der Waals surface area (Å²) >= 11 is 0. The first-order valence-corrected chi connectivity index (χ1v) is 9.12. The third-order valence-electron chi connectivity index (χ3n) is 4.19. The van der Waals surface area contributed by atoms with E-state index in [-0.39, 0.29) is 11.7 Å². The van der Waals surface area contributed by atoms with E-state index in [9.17, 15) is 9.18 Å². The third kappa shape index (κ3) is 5.49. The summed E-state index contributed by atoms with van der Waals surface area (Å²) < 4.78 is 29.6. The number of benzene rings is 2. The van der Waals surface area contributed by atoms with Crippen LogP contribution in [0.15, 0.2) is 42.5 Å². The number of carbonyl (C=O) groups excluding carboxylic acids is 1. The average Bonchev–Trinajstić information content (AvgIpc) is 2.70. The molecule has 5 nitrogen and oxygen atoms in total. The second kappa shape index (κ2) is 10.3. The van der Waals surface area contributed by atoms with Crippen LogP contribution in [-0.2, 0) is 11.3 Å². The van der Waals surface area contributed by atoms with Crippen molar-refractivity contribution in [3.05, 3.63) is 59.4 Å². The Balaban J connectivity index is 2.11. The molecule has 1 amide bonds. The third-order valence-corrected chi connectivity index (χ3v) is 4.19. The Morgan fingerprint density at radius 3 is 2.36 bits per heavy atom. The summed E-state index contributed by atoms with van der Waals surface area (Å²) in [6.07, 6.45) is 3.22. The lowest BCUT2D eigenvalue weighted by Gasteiger charge is -2.19. The van der Waals surface area contributed by atoms with Crippen LogP contribution >= 0.6 is 0 Å². The number of hydrogen-bond acceptors (Lipinski definition) is 4. The zero-order valence-corrected chi connectivity index (χ0v) is 16.7. The molecule has 2 aromatic rings. The first kappa shape index (κ1) is 21.3. The van der Waals surface area contributed by atoms with Gasteiger partial charge in [0.05, 0.1) is 20.8 Å². The van der Waals surface area contributed by atoms with E-state index in [1.165, 1.54) is 19.3 Å². The average molecular weight is 387 g/mol. The minimum absolute atomic E-state index is 0.160. The van der Waals surface area contributed by atoms with Crippen LogP contribution in [0.5, 0.6) is 17.2 Å². The van der Waals surface area contributed by atoms with Crippen molar-refractivity contribution < 1.29 is 23.4 Å². The van der Waals surface area contributed by atoms with Gasteiger partial charge >= 0.3 is 0 Å². The van der Waals surface area contributed by atoms with Gasteiger partial charge < -0.3 is 19.1 Å². The van der Waals surface area contributed by atoms with Crippen molar-refractivity contribution in [2.45, 2.75) is 20.4 Å². The van der Waals surface area contributed by atoms with Gasteiger partial charge in [0.25, 0.3) is 0 Å². The molecule has 0 aromatic heterocycles. The lowest BCUT2D eigenvalue weighted by Crippen LogP contribution is -2.28. The van der Waals surface area contributed by atoms with Crippen LogP contribution < -0.4 is 14.2 Å². The largest absolute Gasteiger partial charge is 0.494 e. The fraction of sp³-hybridized carbons (Fsp3) is 0.318. The molecule has 2 rings (SSSR count). The highest BCUT2D eigenvalue weighted by atomic mass is 19.1. The summed E-state index contributed by atoms with van der Waals surface area (Å²) in [4.78, 5) is 14.2. The van der Waals surface area contributed by atoms with Gasteiger partial charge in [-0.15, -0.1) is 0 Å². The molecule has 2 aromatic carbocycles. The van der Waals surface area contributed by atoms with Crippen LogP contribution in [0.2, 0.25) is 0 Å². The fourth-order valence-electron chi connectivity index (χ4n) is 2.71. The zero-order chi connectivity index (χ0) is 20.5. The summed E-state index contributed by atoms with van der Waals surface area (Å²) in [7, 11) is 3.00. The first-order valence-electron chi connectivity index (χ1n) is 9.12. The van der Waals surface area contributed by atoms with Gasteiger partial charge in [0.15, 0.2) is 23.1 Å². The number of amides is 1. The molecular weight excluding hydrogens is 361 g/mol. The smallest absolute Gasteiger partial charge is 0.246 e. The van der Waals surface area contributed by atoms with Crippen molar-refractivity contribution in [3.63, 3.8) is 0 Å². The van der Waals surface area contributed by atoms with Crippen molar-refractivity contribution in [3.8, 4) is 17.2 Å². The van der Waals surface area contributed by atoms with Crippen molar-refractivity contribution >= 4 is 12.0 Å². The summed E-state index contributed by atoms with van der Waals surface area (Å²) in [6.45, 7) is 5.11. The lowest BCUT2D eigenvalue weighted by molar-refractivity contribution is -0.126. The Kier molecular flexibility index (Phi) is 7.87. The maximum atomic E-state index is 13.9. The molecule has 0 saturated carbocycles. The van der Waals surface area contributed by atoms with Gasteiger partial charge in [-0.25, -0.2) is 4.39 Å². The molecule has 0 heterocycles. The van der Waals surface area contributed by atoms with E-state index in [2.05, 4.69) is 0 Å². The predicted octanol–water partition coefficient (Wildman–Crippen LogP) is 4.30. The molecule has 0 atom stereocenters. The van der Waals surface area contributed by atoms with Crippen LogP contribution in [0.3, 0.4) is 0 Å². The van der Waals surface area contributed by atoms with Gasteiger partial charge in [0, 0.05) is 19.2 Å². The number of carbonyl (C=O) groups is 1. The van der Waals surface area contributed by atoms with E-state index < -0.39 is 5.82 Å². The Bertz CT molecular complexity index is 835. The molecular formula is C22H26FNO4. The molecule has 0 saturated heterocycles. The molecule has 0 radical (unpaired) electrons. The summed E-state index contributed by atoms with van der Waals surface area (Å²) in [6, 6.07) is 10.2. The maximum Gasteiger partial charge on any atom is 0.246 e. The monoisotopic (exact) mass is 387 g/mol.